The number of nitrogens with zero attached hydrogens (tertiary/aromatic N) is 1. The molecule has 0 aliphatic heterocycles. The number of carbonyl (C=O) groups is 2. The van der Waals surface area contributed by atoms with Gasteiger partial charge in [0, 0.05) is 25.9 Å². The van der Waals surface area contributed by atoms with Gasteiger partial charge in [-0.05, 0) is 32.1 Å². The summed E-state index contributed by atoms with van der Waals surface area (Å²) in [5, 5.41) is 0. The van der Waals surface area contributed by atoms with Gasteiger partial charge in [-0.1, -0.05) is 78.6 Å². The van der Waals surface area contributed by atoms with Crippen molar-refractivity contribution in [3.63, 3.8) is 0 Å². The Bertz CT molecular complexity index is 359. The van der Waals surface area contributed by atoms with E-state index in [9.17, 15) is 9.59 Å². The summed E-state index contributed by atoms with van der Waals surface area (Å²) in [7, 11) is 0. The summed E-state index contributed by atoms with van der Waals surface area (Å²) >= 11 is 0. The molecule has 0 bridgehead atoms. The molecule has 0 saturated carbocycles. The van der Waals surface area contributed by atoms with E-state index in [0.717, 1.165) is 51.6 Å². The maximum Gasteiger partial charge on any atom is 0.305 e. The Morgan fingerprint density at radius 1 is 0.607 bits per heavy atom. The third kappa shape index (κ3) is 17.1. The Kier molecular flexibility index (Phi) is 19.9. The lowest BCUT2D eigenvalue weighted by Crippen LogP contribution is -2.32. The van der Waals surface area contributed by atoms with Gasteiger partial charge in [0.25, 0.3) is 0 Å². The first-order valence-electron chi connectivity index (χ1n) is 12.1. The van der Waals surface area contributed by atoms with Crippen LogP contribution in [-0.2, 0) is 14.3 Å². The number of carbonyl (C=O) groups excluding carboxylic acids is 2. The molecule has 0 unspecified atom stereocenters. The van der Waals surface area contributed by atoms with Gasteiger partial charge in [0.05, 0.1) is 6.61 Å². The molecule has 0 saturated heterocycles. The molecule has 166 valence electrons. The molecular weight excluding hydrogens is 350 g/mol. The van der Waals surface area contributed by atoms with Gasteiger partial charge < -0.3 is 9.64 Å². The monoisotopic (exact) mass is 397 g/mol. The molecule has 0 fully saturated rings. The molecule has 0 rings (SSSR count). The average molecular weight is 398 g/mol. The molecule has 4 heteroatoms. The van der Waals surface area contributed by atoms with Crippen molar-refractivity contribution in [1.82, 2.24) is 4.90 Å². The van der Waals surface area contributed by atoms with Crippen molar-refractivity contribution in [2.75, 3.05) is 19.7 Å². The largest absolute Gasteiger partial charge is 0.466 e. The summed E-state index contributed by atoms with van der Waals surface area (Å²) in [6.07, 6.45) is 16.6. The highest BCUT2D eigenvalue weighted by Crippen LogP contribution is 2.10. The number of hydrogen-bond donors (Lipinski definition) is 0. The van der Waals surface area contributed by atoms with E-state index in [1.807, 2.05) is 0 Å². The Labute approximate surface area is 174 Å². The van der Waals surface area contributed by atoms with Gasteiger partial charge in [-0.2, -0.15) is 0 Å². The average Bonchev–Trinajstić information content (AvgIpc) is 2.69. The van der Waals surface area contributed by atoms with Gasteiger partial charge in [0.2, 0.25) is 5.91 Å². The van der Waals surface area contributed by atoms with Gasteiger partial charge in [0.15, 0.2) is 0 Å². The molecule has 0 aromatic carbocycles. The van der Waals surface area contributed by atoms with Crippen molar-refractivity contribution in [2.45, 2.75) is 124 Å². The maximum atomic E-state index is 12.6. The molecule has 0 aliphatic rings. The van der Waals surface area contributed by atoms with Crippen LogP contribution in [0.25, 0.3) is 0 Å². The summed E-state index contributed by atoms with van der Waals surface area (Å²) < 4.78 is 5.26. The Morgan fingerprint density at radius 3 is 1.64 bits per heavy atom. The first-order valence-corrected chi connectivity index (χ1v) is 12.1. The highest BCUT2D eigenvalue weighted by molar-refractivity contribution is 5.76. The molecule has 0 atom stereocenters. The minimum atomic E-state index is -0.111. The van der Waals surface area contributed by atoms with Crippen molar-refractivity contribution in [3.8, 4) is 0 Å². The summed E-state index contributed by atoms with van der Waals surface area (Å²) in [5.74, 6) is 0.154. The molecule has 0 heterocycles. The third-order valence-corrected chi connectivity index (χ3v) is 5.20. The molecule has 0 aliphatic carbocycles. The maximum absolute atomic E-state index is 12.6. The van der Waals surface area contributed by atoms with Crippen molar-refractivity contribution >= 4 is 11.9 Å². The third-order valence-electron chi connectivity index (χ3n) is 5.20. The van der Waals surface area contributed by atoms with Crippen LogP contribution in [0.2, 0.25) is 0 Å². The van der Waals surface area contributed by atoms with E-state index in [4.69, 9.17) is 4.74 Å². The van der Waals surface area contributed by atoms with Crippen molar-refractivity contribution in [1.29, 1.82) is 0 Å². The zero-order chi connectivity index (χ0) is 20.9. The lowest BCUT2D eigenvalue weighted by Gasteiger charge is -2.23. The molecule has 0 radical (unpaired) electrons. The van der Waals surface area contributed by atoms with Crippen LogP contribution in [-0.4, -0.2) is 36.5 Å². The zero-order valence-electron chi connectivity index (χ0n) is 19.1. The molecule has 1 amide bonds. The van der Waals surface area contributed by atoms with E-state index in [-0.39, 0.29) is 11.9 Å². The molecule has 0 aromatic rings. The number of esters is 1. The standard InChI is InChI=1S/C24H47NO3/c1-4-7-10-15-20-25(21-16-11-8-5-2)23(26)18-13-14-19-24(27)28-22-17-12-9-6-3/h4-22H2,1-3H3. The van der Waals surface area contributed by atoms with Gasteiger partial charge >= 0.3 is 5.97 Å². The molecule has 0 spiro atoms. The van der Waals surface area contributed by atoms with Crippen LogP contribution >= 0.6 is 0 Å². The van der Waals surface area contributed by atoms with E-state index < -0.39 is 0 Å². The van der Waals surface area contributed by atoms with Gasteiger partial charge in [0.1, 0.15) is 0 Å². The van der Waals surface area contributed by atoms with Crippen LogP contribution < -0.4 is 0 Å². The SMILES string of the molecule is CCCCCCOC(=O)CCCCC(=O)N(CCCCCC)CCCCCC. The number of hydrogen-bond acceptors (Lipinski definition) is 3. The smallest absolute Gasteiger partial charge is 0.305 e. The number of rotatable bonds is 20. The van der Waals surface area contributed by atoms with Gasteiger partial charge in [-0.3, -0.25) is 9.59 Å². The van der Waals surface area contributed by atoms with E-state index >= 15 is 0 Å². The summed E-state index contributed by atoms with van der Waals surface area (Å²) in [6.45, 7) is 8.93. The highest BCUT2D eigenvalue weighted by atomic mass is 16.5. The van der Waals surface area contributed by atoms with E-state index in [0.29, 0.717) is 19.4 Å². The van der Waals surface area contributed by atoms with Gasteiger partial charge in [-0.15, -0.1) is 0 Å². The van der Waals surface area contributed by atoms with Crippen molar-refractivity contribution in [3.05, 3.63) is 0 Å². The number of amides is 1. The fraction of sp³-hybridized carbons (Fsp3) is 0.917. The predicted octanol–water partition coefficient (Wildman–Crippen LogP) is 6.66. The molecule has 0 N–H and O–H groups in total. The second kappa shape index (κ2) is 20.7. The van der Waals surface area contributed by atoms with Crippen LogP contribution in [0.15, 0.2) is 0 Å². The minimum absolute atomic E-state index is 0.111. The van der Waals surface area contributed by atoms with Crippen molar-refractivity contribution in [2.24, 2.45) is 0 Å². The van der Waals surface area contributed by atoms with E-state index in [2.05, 4.69) is 25.7 Å². The van der Waals surface area contributed by atoms with Crippen molar-refractivity contribution < 1.29 is 14.3 Å². The Hall–Kier alpha value is -1.06. The quantitative estimate of drug-likeness (QED) is 0.170. The van der Waals surface area contributed by atoms with E-state index in [1.54, 1.807) is 0 Å². The number of ether oxygens (including phenoxy) is 1. The van der Waals surface area contributed by atoms with Gasteiger partial charge in [-0.25, -0.2) is 0 Å². The normalized spacial score (nSPS) is 10.8. The zero-order valence-corrected chi connectivity index (χ0v) is 19.1. The molecule has 28 heavy (non-hydrogen) atoms. The lowest BCUT2D eigenvalue weighted by molar-refractivity contribution is -0.144. The topological polar surface area (TPSA) is 46.6 Å². The molecule has 0 aromatic heterocycles. The van der Waals surface area contributed by atoms with E-state index in [1.165, 1.54) is 51.4 Å². The number of unbranched alkanes of at least 4 members (excludes halogenated alkanes) is 10. The summed E-state index contributed by atoms with van der Waals surface area (Å²) in [4.78, 5) is 26.4. The predicted molar refractivity (Wildman–Crippen MR) is 118 cm³/mol. The van der Waals surface area contributed by atoms with Crippen LogP contribution in [0.4, 0.5) is 0 Å². The van der Waals surface area contributed by atoms with Crippen LogP contribution in [0, 0.1) is 0 Å². The van der Waals surface area contributed by atoms with Crippen LogP contribution in [0.1, 0.15) is 124 Å². The molecule has 4 nitrogen and oxygen atoms in total. The second-order valence-electron chi connectivity index (χ2n) is 7.99. The fourth-order valence-corrected chi connectivity index (χ4v) is 3.31. The van der Waals surface area contributed by atoms with Crippen LogP contribution in [0.5, 0.6) is 0 Å². The summed E-state index contributed by atoms with van der Waals surface area (Å²) in [6, 6.07) is 0. The van der Waals surface area contributed by atoms with Crippen LogP contribution in [0.3, 0.4) is 0 Å². The Morgan fingerprint density at radius 2 is 1.11 bits per heavy atom. The minimum Gasteiger partial charge on any atom is -0.466 e. The first kappa shape index (κ1) is 26.9. The first-order chi connectivity index (χ1) is 13.7. The summed E-state index contributed by atoms with van der Waals surface area (Å²) in [5.41, 5.74) is 0. The highest BCUT2D eigenvalue weighted by Gasteiger charge is 2.13. The fourth-order valence-electron chi connectivity index (χ4n) is 3.31. The molecular formula is C24H47NO3. The lowest BCUT2D eigenvalue weighted by atomic mass is 10.1. The Balaban J connectivity index is 3.97. The second-order valence-corrected chi connectivity index (χ2v) is 7.99.